The van der Waals surface area contributed by atoms with Gasteiger partial charge in [-0.2, -0.15) is 0 Å². The highest BCUT2D eigenvalue weighted by molar-refractivity contribution is 7.80. The highest BCUT2D eigenvalue weighted by atomic mass is 32.1. The van der Waals surface area contributed by atoms with E-state index in [-0.39, 0.29) is 5.56 Å². The summed E-state index contributed by atoms with van der Waals surface area (Å²) in [6.45, 7) is 5.57. The van der Waals surface area contributed by atoms with Crippen LogP contribution in [-0.2, 0) is 13.1 Å². The number of pyridine rings is 2. The monoisotopic (exact) mass is 467 g/mol. The minimum absolute atomic E-state index is 0.0277. The number of thiocarbonyl (C=S) groups is 1. The summed E-state index contributed by atoms with van der Waals surface area (Å²) < 4.78 is 12.3. The Balaban J connectivity index is 1.28. The van der Waals surface area contributed by atoms with Crippen LogP contribution in [0.25, 0.3) is 11.0 Å². The van der Waals surface area contributed by atoms with Gasteiger partial charge >= 0.3 is 0 Å². The molecule has 1 fully saturated rings. The third-order valence-corrected chi connectivity index (χ3v) is 6.35. The second-order valence-corrected chi connectivity index (χ2v) is 8.32. The lowest BCUT2D eigenvalue weighted by Gasteiger charge is -2.36. The van der Waals surface area contributed by atoms with Crippen LogP contribution in [-0.4, -0.2) is 71.4 Å². The molecular formula is C24H29N5O3S. The lowest BCUT2D eigenvalue weighted by Crippen LogP contribution is -2.52. The Morgan fingerprint density at radius 3 is 2.42 bits per heavy atom. The molecule has 3 heterocycles. The first-order valence-corrected chi connectivity index (χ1v) is 11.4. The number of hydrogen-bond acceptors (Lipinski definition) is 6. The first-order valence-electron chi connectivity index (χ1n) is 11.0. The average molecular weight is 468 g/mol. The van der Waals surface area contributed by atoms with E-state index < -0.39 is 0 Å². The van der Waals surface area contributed by atoms with E-state index in [0.717, 1.165) is 60.2 Å². The molecule has 1 aliphatic heterocycles. The molecule has 1 N–H and O–H groups in total. The van der Waals surface area contributed by atoms with Crippen LogP contribution in [0.2, 0.25) is 0 Å². The van der Waals surface area contributed by atoms with E-state index in [1.165, 1.54) is 0 Å². The van der Waals surface area contributed by atoms with Gasteiger partial charge in [0, 0.05) is 57.9 Å². The summed E-state index contributed by atoms with van der Waals surface area (Å²) in [5.74, 6) is 1.49. The van der Waals surface area contributed by atoms with Crippen LogP contribution in [0.1, 0.15) is 5.56 Å². The molecule has 1 aliphatic rings. The summed E-state index contributed by atoms with van der Waals surface area (Å²) >= 11 is 5.60. The molecule has 0 radical (unpaired) electrons. The third-order valence-electron chi connectivity index (χ3n) is 5.95. The molecule has 33 heavy (non-hydrogen) atoms. The van der Waals surface area contributed by atoms with Crippen molar-refractivity contribution in [2.45, 2.75) is 13.1 Å². The van der Waals surface area contributed by atoms with Gasteiger partial charge in [0.2, 0.25) is 0 Å². The van der Waals surface area contributed by atoms with E-state index in [9.17, 15) is 4.79 Å². The van der Waals surface area contributed by atoms with Gasteiger partial charge in [-0.05, 0) is 36.0 Å². The van der Waals surface area contributed by atoms with E-state index in [1.54, 1.807) is 37.1 Å². The van der Waals surface area contributed by atoms with Gasteiger partial charge < -0.3 is 24.3 Å². The van der Waals surface area contributed by atoms with Gasteiger partial charge in [0.05, 0.1) is 31.4 Å². The number of piperazine rings is 1. The van der Waals surface area contributed by atoms with Crippen LogP contribution in [0.5, 0.6) is 11.5 Å². The topological polar surface area (TPSA) is 71.9 Å². The molecule has 3 aromatic rings. The average Bonchev–Trinajstić information content (AvgIpc) is 2.87. The molecule has 0 atom stereocenters. The fourth-order valence-corrected chi connectivity index (χ4v) is 4.19. The number of aromatic nitrogens is 2. The fraction of sp³-hybridized carbons (Fsp3) is 0.375. The van der Waals surface area contributed by atoms with Crippen LogP contribution in [0, 0.1) is 0 Å². The Morgan fingerprint density at radius 1 is 1.00 bits per heavy atom. The molecule has 0 spiro atoms. The molecule has 4 rings (SSSR count). The molecular weight excluding hydrogens is 438 g/mol. The third kappa shape index (κ3) is 5.61. The molecule has 0 bridgehead atoms. The zero-order valence-electron chi connectivity index (χ0n) is 19.0. The van der Waals surface area contributed by atoms with Crippen molar-refractivity contribution in [2.75, 3.05) is 46.9 Å². The Bertz CT molecular complexity index is 1160. The summed E-state index contributed by atoms with van der Waals surface area (Å²) in [5, 5.41) is 4.12. The van der Waals surface area contributed by atoms with Crippen molar-refractivity contribution in [3.05, 3.63) is 64.6 Å². The summed E-state index contributed by atoms with van der Waals surface area (Å²) in [7, 11) is 3.26. The summed E-state index contributed by atoms with van der Waals surface area (Å²) in [5.41, 5.74) is 2.71. The molecule has 2 aromatic heterocycles. The highest BCUT2D eigenvalue weighted by Gasteiger charge is 2.19. The number of fused-ring (bicyclic) bond motifs is 1. The Kier molecular flexibility index (Phi) is 7.41. The van der Waals surface area contributed by atoms with E-state index in [2.05, 4.69) is 20.1 Å². The lowest BCUT2D eigenvalue weighted by molar-refractivity contribution is 0.176. The Morgan fingerprint density at radius 2 is 1.73 bits per heavy atom. The number of ether oxygens (including phenoxy) is 2. The summed E-state index contributed by atoms with van der Waals surface area (Å²) in [6, 6.07) is 13.2. The Labute approximate surface area is 198 Å². The second kappa shape index (κ2) is 10.6. The smallest absolute Gasteiger partial charge is 0.251 e. The number of nitrogens with one attached hydrogen (secondary N) is 1. The van der Waals surface area contributed by atoms with Crippen molar-refractivity contribution in [2.24, 2.45) is 0 Å². The number of hydrogen-bond donors (Lipinski definition) is 1. The van der Waals surface area contributed by atoms with Crippen molar-refractivity contribution < 1.29 is 9.47 Å². The minimum atomic E-state index is -0.0277. The van der Waals surface area contributed by atoms with Crippen molar-refractivity contribution in [1.29, 1.82) is 0 Å². The van der Waals surface area contributed by atoms with Gasteiger partial charge in [-0.15, -0.1) is 0 Å². The van der Waals surface area contributed by atoms with Crippen LogP contribution < -0.4 is 20.3 Å². The van der Waals surface area contributed by atoms with Crippen LogP contribution in [0.15, 0.2) is 53.5 Å². The van der Waals surface area contributed by atoms with E-state index in [4.69, 9.17) is 21.7 Å². The number of rotatable bonds is 7. The van der Waals surface area contributed by atoms with E-state index in [1.807, 2.05) is 30.3 Å². The quantitative estimate of drug-likeness (QED) is 0.530. The van der Waals surface area contributed by atoms with Crippen LogP contribution in [0.4, 0.5) is 0 Å². The molecule has 1 aromatic carbocycles. The Hall–Kier alpha value is -3.17. The zero-order valence-corrected chi connectivity index (χ0v) is 19.8. The molecule has 0 aliphatic carbocycles. The standard InChI is InChI=1S/C24H29N5O3S/c1-31-19-5-3-18(4-6-19)16-26-24(33)28-12-9-27(10-13-28)11-14-29-22-15-20(32-2)17-25-21(22)7-8-23(29)30/h3-8,15,17H,9-14,16H2,1-2H3,(H,26,33). The number of methoxy groups -OCH3 is 2. The van der Waals surface area contributed by atoms with Crippen molar-refractivity contribution in [3.63, 3.8) is 0 Å². The van der Waals surface area contributed by atoms with Crippen LogP contribution >= 0.6 is 12.2 Å². The maximum atomic E-state index is 12.5. The molecule has 0 saturated carbocycles. The van der Waals surface area contributed by atoms with Gasteiger partial charge in [0.15, 0.2) is 5.11 Å². The van der Waals surface area contributed by atoms with E-state index >= 15 is 0 Å². The maximum absolute atomic E-state index is 12.5. The second-order valence-electron chi connectivity index (χ2n) is 7.94. The van der Waals surface area contributed by atoms with Gasteiger partial charge in [0.25, 0.3) is 5.56 Å². The fourth-order valence-electron chi connectivity index (χ4n) is 3.94. The number of benzene rings is 1. The normalized spacial score (nSPS) is 14.3. The van der Waals surface area contributed by atoms with Crippen molar-refractivity contribution >= 4 is 28.4 Å². The van der Waals surface area contributed by atoms with Gasteiger partial charge in [-0.3, -0.25) is 14.7 Å². The summed E-state index contributed by atoms with van der Waals surface area (Å²) in [4.78, 5) is 21.5. The summed E-state index contributed by atoms with van der Waals surface area (Å²) in [6.07, 6.45) is 1.67. The molecule has 9 heteroatoms. The molecule has 0 amide bonds. The van der Waals surface area contributed by atoms with Crippen LogP contribution in [0.3, 0.4) is 0 Å². The first-order chi connectivity index (χ1) is 16.1. The van der Waals surface area contributed by atoms with Crippen molar-refractivity contribution in [3.8, 4) is 11.5 Å². The largest absolute Gasteiger partial charge is 0.497 e. The first kappa shape index (κ1) is 23.0. The molecule has 8 nitrogen and oxygen atoms in total. The predicted molar refractivity (Wildman–Crippen MR) is 133 cm³/mol. The van der Waals surface area contributed by atoms with E-state index in [0.29, 0.717) is 18.8 Å². The van der Waals surface area contributed by atoms with Gasteiger partial charge in [-0.25, -0.2) is 0 Å². The van der Waals surface area contributed by atoms with Gasteiger partial charge in [0.1, 0.15) is 11.5 Å². The maximum Gasteiger partial charge on any atom is 0.251 e. The molecule has 174 valence electrons. The molecule has 0 unspecified atom stereocenters. The zero-order chi connectivity index (χ0) is 23.2. The minimum Gasteiger partial charge on any atom is -0.497 e. The lowest BCUT2D eigenvalue weighted by atomic mass is 10.2. The van der Waals surface area contributed by atoms with Crippen molar-refractivity contribution in [1.82, 2.24) is 24.7 Å². The highest BCUT2D eigenvalue weighted by Crippen LogP contribution is 2.17. The van der Waals surface area contributed by atoms with Gasteiger partial charge in [-0.1, -0.05) is 12.1 Å². The predicted octanol–water partition coefficient (Wildman–Crippen LogP) is 2.11. The number of nitrogens with zero attached hydrogens (tertiary/aromatic N) is 4. The SMILES string of the molecule is COc1ccc(CNC(=S)N2CCN(CCn3c(=O)ccc4ncc(OC)cc43)CC2)cc1. The molecule has 1 saturated heterocycles.